The van der Waals surface area contributed by atoms with Crippen LogP contribution in [0.5, 0.6) is 0 Å². The van der Waals surface area contributed by atoms with Gasteiger partial charge in [0.1, 0.15) is 11.6 Å². The van der Waals surface area contributed by atoms with Gasteiger partial charge in [-0.2, -0.15) is 0 Å². The van der Waals surface area contributed by atoms with Gasteiger partial charge >= 0.3 is 0 Å². The number of Topliss-reactive ketones (excluding diaryl/α,β-unsaturated/α-hetero) is 2. The summed E-state index contributed by atoms with van der Waals surface area (Å²) in [4.78, 5) is 32.8. The highest BCUT2D eigenvalue weighted by Gasteiger charge is 2.27. The average molecular weight is 233 g/mol. The van der Waals surface area contributed by atoms with E-state index in [1.807, 2.05) is 0 Å². The second-order valence-electron chi connectivity index (χ2n) is 4.21. The first-order valence-corrected chi connectivity index (χ1v) is 5.34. The van der Waals surface area contributed by atoms with Crippen molar-refractivity contribution < 1.29 is 14.5 Å². The molecule has 1 fully saturated rings. The van der Waals surface area contributed by atoms with Gasteiger partial charge < -0.3 is 0 Å². The number of rotatable bonds is 2. The Labute approximate surface area is 97.6 Å². The molecule has 0 radical (unpaired) electrons. The maximum Gasteiger partial charge on any atom is 0.269 e. The largest absolute Gasteiger partial charge is 0.299 e. The first-order valence-electron chi connectivity index (χ1n) is 5.34. The van der Waals surface area contributed by atoms with Crippen molar-refractivity contribution in [2.24, 2.45) is 0 Å². The third-order valence-corrected chi connectivity index (χ3v) is 2.89. The van der Waals surface area contributed by atoms with Crippen molar-refractivity contribution in [1.82, 2.24) is 0 Å². The predicted octanol–water partition coefficient (Wildman–Crippen LogP) is 2.00. The van der Waals surface area contributed by atoms with E-state index in [2.05, 4.69) is 0 Å². The quantitative estimate of drug-likeness (QED) is 0.444. The van der Waals surface area contributed by atoms with E-state index in [0.29, 0.717) is 18.4 Å². The Morgan fingerprint density at radius 3 is 2.41 bits per heavy atom. The van der Waals surface area contributed by atoms with Crippen LogP contribution in [-0.4, -0.2) is 16.5 Å². The molecule has 0 amide bonds. The molecule has 0 aromatic heterocycles. The molecule has 0 atom stereocenters. The SMILES string of the molecule is O=C1CC(=O)CC(c2cccc([N+](=O)[O-])c2)C1. The van der Waals surface area contributed by atoms with Crippen molar-refractivity contribution >= 4 is 17.3 Å². The van der Waals surface area contributed by atoms with E-state index in [4.69, 9.17) is 0 Å². The second kappa shape index (κ2) is 4.45. The predicted molar refractivity (Wildman–Crippen MR) is 59.7 cm³/mol. The zero-order chi connectivity index (χ0) is 12.4. The maximum absolute atomic E-state index is 11.3. The van der Waals surface area contributed by atoms with Gasteiger partial charge in [-0.15, -0.1) is 0 Å². The van der Waals surface area contributed by atoms with Crippen LogP contribution in [0.15, 0.2) is 24.3 Å². The molecule has 1 aliphatic rings. The lowest BCUT2D eigenvalue weighted by Gasteiger charge is -2.19. The van der Waals surface area contributed by atoms with Gasteiger partial charge in [-0.05, 0) is 11.5 Å². The number of hydrogen-bond acceptors (Lipinski definition) is 4. The highest BCUT2D eigenvalue weighted by molar-refractivity contribution is 6.02. The number of carbonyl (C=O) groups excluding carboxylic acids is 2. The molecular formula is C12H11NO4. The molecule has 0 bridgehead atoms. The van der Waals surface area contributed by atoms with Gasteiger partial charge in [0.15, 0.2) is 0 Å². The Bertz CT molecular complexity index is 479. The lowest BCUT2D eigenvalue weighted by atomic mass is 9.82. The van der Waals surface area contributed by atoms with E-state index >= 15 is 0 Å². The normalized spacial score (nSPS) is 17.2. The summed E-state index contributed by atoms with van der Waals surface area (Å²) in [6.45, 7) is 0. The fourth-order valence-corrected chi connectivity index (χ4v) is 2.11. The minimum atomic E-state index is -0.476. The molecular weight excluding hydrogens is 222 g/mol. The van der Waals surface area contributed by atoms with Crippen LogP contribution in [0.25, 0.3) is 0 Å². The molecule has 5 heteroatoms. The van der Waals surface area contributed by atoms with E-state index in [0.717, 1.165) is 0 Å². The van der Waals surface area contributed by atoms with Crippen molar-refractivity contribution in [3.63, 3.8) is 0 Å². The first-order chi connectivity index (χ1) is 8.06. The van der Waals surface area contributed by atoms with Crippen molar-refractivity contribution in [3.8, 4) is 0 Å². The molecule has 17 heavy (non-hydrogen) atoms. The third kappa shape index (κ3) is 2.55. The van der Waals surface area contributed by atoms with Crippen LogP contribution in [0.4, 0.5) is 5.69 Å². The molecule has 0 heterocycles. The standard InChI is InChI=1S/C12H11NO4/c14-11-5-9(6-12(15)7-11)8-2-1-3-10(4-8)13(16)17/h1-4,9H,5-7H2. The number of carbonyl (C=O) groups is 2. The summed E-state index contributed by atoms with van der Waals surface area (Å²) < 4.78 is 0. The van der Waals surface area contributed by atoms with Crippen molar-refractivity contribution in [2.45, 2.75) is 25.2 Å². The number of hydrogen-bond donors (Lipinski definition) is 0. The van der Waals surface area contributed by atoms with Gasteiger partial charge in [-0.1, -0.05) is 12.1 Å². The van der Waals surface area contributed by atoms with Gasteiger partial charge in [0.05, 0.1) is 11.3 Å². The second-order valence-corrected chi connectivity index (χ2v) is 4.21. The van der Waals surface area contributed by atoms with E-state index in [-0.39, 0.29) is 29.6 Å². The number of nitro benzene ring substituents is 1. The molecule has 1 aliphatic carbocycles. The van der Waals surface area contributed by atoms with Crippen molar-refractivity contribution in [1.29, 1.82) is 0 Å². The van der Waals surface area contributed by atoms with Crippen LogP contribution in [-0.2, 0) is 9.59 Å². The first kappa shape index (κ1) is 11.4. The molecule has 88 valence electrons. The molecule has 1 aromatic rings. The van der Waals surface area contributed by atoms with E-state index in [1.54, 1.807) is 12.1 Å². The molecule has 0 N–H and O–H groups in total. The summed E-state index contributed by atoms with van der Waals surface area (Å²) in [7, 11) is 0. The monoisotopic (exact) mass is 233 g/mol. The van der Waals surface area contributed by atoms with Crippen molar-refractivity contribution in [3.05, 3.63) is 39.9 Å². The van der Waals surface area contributed by atoms with Crippen LogP contribution in [0.3, 0.4) is 0 Å². The minimum Gasteiger partial charge on any atom is -0.299 e. The number of non-ortho nitro benzene ring substituents is 1. The minimum absolute atomic E-state index is 0.00538. The van der Waals surface area contributed by atoms with E-state index < -0.39 is 4.92 Å². The third-order valence-electron chi connectivity index (χ3n) is 2.89. The van der Waals surface area contributed by atoms with Crippen LogP contribution < -0.4 is 0 Å². The highest BCUT2D eigenvalue weighted by Crippen LogP contribution is 2.30. The number of nitro groups is 1. The Hall–Kier alpha value is -2.04. The molecule has 0 spiro atoms. The molecule has 1 aromatic carbocycles. The maximum atomic E-state index is 11.3. The summed E-state index contributed by atoms with van der Waals surface area (Å²) in [6.07, 6.45) is 0.602. The molecule has 2 rings (SSSR count). The van der Waals surface area contributed by atoms with Gasteiger partial charge in [0.25, 0.3) is 5.69 Å². The highest BCUT2D eigenvalue weighted by atomic mass is 16.6. The Kier molecular flexibility index (Phi) is 2.99. The number of nitrogens with zero attached hydrogens (tertiary/aromatic N) is 1. The average Bonchev–Trinajstić information content (AvgIpc) is 2.28. The fraction of sp³-hybridized carbons (Fsp3) is 0.333. The molecule has 0 saturated heterocycles. The summed E-state index contributed by atoms with van der Waals surface area (Å²) in [5.41, 5.74) is 0.688. The molecule has 0 unspecified atom stereocenters. The van der Waals surface area contributed by atoms with Crippen LogP contribution in [0, 0.1) is 10.1 Å². The zero-order valence-corrected chi connectivity index (χ0v) is 9.09. The summed E-state index contributed by atoms with van der Waals surface area (Å²) >= 11 is 0. The van der Waals surface area contributed by atoms with E-state index in [9.17, 15) is 19.7 Å². The van der Waals surface area contributed by atoms with Gasteiger partial charge in [-0.3, -0.25) is 19.7 Å². The summed E-state index contributed by atoms with van der Waals surface area (Å²) in [5, 5.41) is 10.6. The lowest BCUT2D eigenvalue weighted by Crippen LogP contribution is -2.21. The van der Waals surface area contributed by atoms with Crippen LogP contribution in [0.2, 0.25) is 0 Å². The molecule has 1 saturated carbocycles. The number of ketones is 2. The van der Waals surface area contributed by atoms with E-state index in [1.165, 1.54) is 12.1 Å². The molecule has 5 nitrogen and oxygen atoms in total. The zero-order valence-electron chi connectivity index (χ0n) is 9.09. The Morgan fingerprint density at radius 2 is 1.82 bits per heavy atom. The lowest BCUT2D eigenvalue weighted by molar-refractivity contribution is -0.384. The van der Waals surface area contributed by atoms with Gasteiger partial charge in [0, 0.05) is 25.0 Å². The smallest absolute Gasteiger partial charge is 0.269 e. The fourth-order valence-electron chi connectivity index (χ4n) is 2.11. The van der Waals surface area contributed by atoms with Crippen LogP contribution >= 0.6 is 0 Å². The van der Waals surface area contributed by atoms with Crippen molar-refractivity contribution in [2.75, 3.05) is 0 Å². The van der Waals surface area contributed by atoms with Crippen LogP contribution in [0.1, 0.15) is 30.7 Å². The molecule has 0 aliphatic heterocycles. The summed E-state index contributed by atoms with van der Waals surface area (Å²) in [5.74, 6) is -0.376. The number of benzene rings is 1. The topological polar surface area (TPSA) is 77.3 Å². The Morgan fingerprint density at radius 1 is 1.18 bits per heavy atom. The Balaban J connectivity index is 2.27. The van der Waals surface area contributed by atoms with Gasteiger partial charge in [0.2, 0.25) is 0 Å². The van der Waals surface area contributed by atoms with Gasteiger partial charge in [-0.25, -0.2) is 0 Å². The summed E-state index contributed by atoms with van der Waals surface area (Å²) in [6, 6.07) is 6.15.